The number of halogens is 1. The maximum Gasteiger partial charge on any atom is 0.0648 e. The van der Waals surface area contributed by atoms with Crippen molar-refractivity contribution in [1.82, 2.24) is 4.90 Å². The zero-order valence-electron chi connectivity index (χ0n) is 13.5. The minimum absolute atomic E-state index is 0.423. The molecular weight excluding hydrogens is 294 g/mol. The average molecular weight is 320 g/mol. The van der Waals surface area contributed by atoms with Gasteiger partial charge in [0.15, 0.2) is 0 Å². The first-order valence-electron chi connectivity index (χ1n) is 8.69. The van der Waals surface area contributed by atoms with Crippen LogP contribution in [-0.2, 0) is 4.74 Å². The van der Waals surface area contributed by atoms with Crippen LogP contribution in [0.4, 0.5) is 0 Å². The fourth-order valence-corrected chi connectivity index (χ4v) is 5.24. The van der Waals surface area contributed by atoms with E-state index in [0.717, 1.165) is 17.0 Å². The summed E-state index contributed by atoms with van der Waals surface area (Å²) >= 11 is 6.10. The highest BCUT2D eigenvalue weighted by Gasteiger charge is 2.51. The van der Waals surface area contributed by atoms with Crippen LogP contribution in [0.2, 0.25) is 5.02 Å². The molecule has 1 aliphatic carbocycles. The Balaban J connectivity index is 1.69. The molecule has 4 rings (SSSR count). The van der Waals surface area contributed by atoms with E-state index in [2.05, 4.69) is 24.1 Å². The van der Waals surface area contributed by atoms with Crippen molar-refractivity contribution in [3.63, 3.8) is 0 Å². The molecule has 0 unspecified atom stereocenters. The number of nitrogens with zero attached hydrogens (tertiary/aromatic N) is 1. The van der Waals surface area contributed by atoms with Gasteiger partial charge in [0, 0.05) is 30.1 Å². The van der Waals surface area contributed by atoms with E-state index in [1.807, 2.05) is 19.2 Å². The molecule has 3 fully saturated rings. The molecule has 1 aromatic rings. The Hall–Kier alpha value is -0.570. The maximum absolute atomic E-state index is 6.10. The molecule has 0 radical (unpaired) electrons. The quantitative estimate of drug-likeness (QED) is 0.819. The second-order valence-electron chi connectivity index (χ2n) is 7.47. The normalized spacial score (nSPS) is 36.5. The molecule has 0 aromatic heterocycles. The van der Waals surface area contributed by atoms with E-state index in [1.165, 1.54) is 37.7 Å². The molecule has 22 heavy (non-hydrogen) atoms. The number of hydrogen-bond donors (Lipinski definition) is 0. The fraction of sp³-hybridized carbons (Fsp3) is 0.684. The molecule has 0 spiro atoms. The minimum Gasteiger partial charge on any atom is -0.381 e. The third kappa shape index (κ3) is 2.50. The summed E-state index contributed by atoms with van der Waals surface area (Å²) in [6.07, 6.45) is 7.08. The second-order valence-corrected chi connectivity index (χ2v) is 7.91. The largest absolute Gasteiger partial charge is 0.381 e. The van der Waals surface area contributed by atoms with Gasteiger partial charge >= 0.3 is 0 Å². The number of methoxy groups -OCH3 is 1. The van der Waals surface area contributed by atoms with Crippen LogP contribution in [0.3, 0.4) is 0 Å². The first kappa shape index (κ1) is 15.0. The van der Waals surface area contributed by atoms with Gasteiger partial charge in [-0.2, -0.15) is 0 Å². The Labute approximate surface area is 138 Å². The third-order valence-corrected chi connectivity index (χ3v) is 6.62. The van der Waals surface area contributed by atoms with E-state index in [0.29, 0.717) is 24.0 Å². The van der Waals surface area contributed by atoms with Gasteiger partial charge < -0.3 is 9.64 Å². The highest BCUT2D eigenvalue weighted by Crippen LogP contribution is 2.52. The van der Waals surface area contributed by atoms with Crippen LogP contribution in [0, 0.1) is 11.8 Å². The van der Waals surface area contributed by atoms with Crippen LogP contribution in [0.5, 0.6) is 0 Å². The van der Waals surface area contributed by atoms with Crippen LogP contribution < -0.4 is 0 Å². The second kappa shape index (κ2) is 5.81. The van der Waals surface area contributed by atoms with Crippen LogP contribution >= 0.6 is 11.6 Å². The van der Waals surface area contributed by atoms with Crippen molar-refractivity contribution in [3.05, 3.63) is 34.9 Å². The molecule has 1 saturated carbocycles. The molecule has 2 saturated heterocycles. The molecule has 0 N–H and O–H groups in total. The van der Waals surface area contributed by atoms with Gasteiger partial charge in [0.1, 0.15) is 0 Å². The average Bonchev–Trinajstić information content (AvgIpc) is 3.31. The van der Waals surface area contributed by atoms with Gasteiger partial charge in [-0.05, 0) is 68.7 Å². The number of rotatable bonds is 4. The summed E-state index contributed by atoms with van der Waals surface area (Å²) in [5.74, 6) is 2.04. The van der Waals surface area contributed by atoms with Gasteiger partial charge in [-0.3, -0.25) is 0 Å². The van der Waals surface area contributed by atoms with Crippen molar-refractivity contribution in [1.29, 1.82) is 0 Å². The predicted molar refractivity (Wildman–Crippen MR) is 90.4 cm³/mol. The Kier molecular flexibility index (Phi) is 3.96. The number of hydrogen-bond acceptors (Lipinski definition) is 2. The summed E-state index contributed by atoms with van der Waals surface area (Å²) < 4.78 is 6.04. The third-order valence-electron chi connectivity index (χ3n) is 6.37. The van der Waals surface area contributed by atoms with E-state index in [4.69, 9.17) is 16.3 Å². The minimum atomic E-state index is 0.423. The Morgan fingerprint density at radius 2 is 1.86 bits per heavy atom. The van der Waals surface area contributed by atoms with Gasteiger partial charge in [-0.15, -0.1) is 0 Å². The van der Waals surface area contributed by atoms with Crippen LogP contribution in [-0.4, -0.2) is 37.2 Å². The number of piperidine rings is 1. The first-order chi connectivity index (χ1) is 10.7. The molecule has 3 aliphatic rings. The molecule has 2 aliphatic heterocycles. The van der Waals surface area contributed by atoms with E-state index < -0.39 is 0 Å². The molecule has 2 heterocycles. The van der Waals surface area contributed by atoms with Crippen molar-refractivity contribution in [3.8, 4) is 0 Å². The van der Waals surface area contributed by atoms with E-state index in [9.17, 15) is 0 Å². The zero-order chi connectivity index (χ0) is 15.3. The molecule has 120 valence electrons. The summed E-state index contributed by atoms with van der Waals surface area (Å²) in [4.78, 5) is 2.64. The van der Waals surface area contributed by atoms with Crippen molar-refractivity contribution >= 4 is 11.6 Å². The van der Waals surface area contributed by atoms with Crippen LogP contribution in [0.25, 0.3) is 0 Å². The Morgan fingerprint density at radius 1 is 1.14 bits per heavy atom. The van der Waals surface area contributed by atoms with E-state index in [-0.39, 0.29) is 0 Å². The summed E-state index contributed by atoms with van der Waals surface area (Å²) in [6.45, 7) is 0. The standard InChI is InChI=1S/C19H26ClNO/c1-21-15-9-10-17(21)18(19(22-2)13-3-4-13)16(11-15)12-5-7-14(20)8-6-12/h5-8,13,15-19H,3-4,9-11H2,1-2H3/t15-,16+,17+,18+,19+/m1/s1. The first-order valence-corrected chi connectivity index (χ1v) is 9.07. The van der Waals surface area contributed by atoms with Gasteiger partial charge in [0.05, 0.1) is 6.10 Å². The summed E-state index contributed by atoms with van der Waals surface area (Å²) in [6, 6.07) is 10.0. The van der Waals surface area contributed by atoms with Gasteiger partial charge in [-0.1, -0.05) is 23.7 Å². The number of ether oxygens (including phenoxy) is 1. The predicted octanol–water partition coefficient (Wildman–Crippen LogP) is 4.33. The van der Waals surface area contributed by atoms with Crippen molar-refractivity contribution in [2.75, 3.05) is 14.2 Å². The Morgan fingerprint density at radius 3 is 2.50 bits per heavy atom. The lowest BCUT2D eigenvalue weighted by molar-refractivity contribution is -0.0320. The van der Waals surface area contributed by atoms with Crippen LogP contribution in [0.15, 0.2) is 24.3 Å². The molecule has 2 nitrogen and oxygen atoms in total. The van der Waals surface area contributed by atoms with Crippen molar-refractivity contribution in [2.45, 2.75) is 56.2 Å². The topological polar surface area (TPSA) is 12.5 Å². The molecule has 0 amide bonds. The van der Waals surface area contributed by atoms with E-state index in [1.54, 1.807) is 0 Å². The lowest BCUT2D eigenvalue weighted by atomic mass is 9.72. The summed E-state index contributed by atoms with van der Waals surface area (Å²) in [7, 11) is 4.25. The van der Waals surface area contributed by atoms with E-state index >= 15 is 0 Å². The molecule has 2 bridgehead atoms. The Bertz CT molecular complexity index is 525. The van der Waals surface area contributed by atoms with Gasteiger partial charge in [0.2, 0.25) is 0 Å². The molecule has 5 atom stereocenters. The lowest BCUT2D eigenvalue weighted by Gasteiger charge is -2.46. The molecule has 1 aromatic carbocycles. The van der Waals surface area contributed by atoms with Crippen LogP contribution in [0.1, 0.15) is 43.6 Å². The highest BCUT2D eigenvalue weighted by molar-refractivity contribution is 6.30. The van der Waals surface area contributed by atoms with Crippen molar-refractivity contribution in [2.24, 2.45) is 11.8 Å². The SMILES string of the molecule is CO[C@@H](C1CC1)[C@H]1[C@H](c2ccc(Cl)cc2)C[C@H]2CC[C@@H]1N2C. The number of benzene rings is 1. The summed E-state index contributed by atoms with van der Waals surface area (Å²) in [5.41, 5.74) is 1.46. The van der Waals surface area contributed by atoms with Crippen molar-refractivity contribution < 1.29 is 4.74 Å². The molecular formula is C19H26ClNO. The monoisotopic (exact) mass is 319 g/mol. The highest BCUT2D eigenvalue weighted by atomic mass is 35.5. The zero-order valence-corrected chi connectivity index (χ0v) is 14.3. The smallest absolute Gasteiger partial charge is 0.0648 e. The lowest BCUT2D eigenvalue weighted by Crippen LogP contribution is -2.51. The maximum atomic E-state index is 6.10. The molecule has 3 heteroatoms. The fourth-order valence-electron chi connectivity index (χ4n) is 5.11. The number of fused-ring (bicyclic) bond motifs is 2. The summed E-state index contributed by atoms with van der Waals surface area (Å²) in [5, 5.41) is 0.835. The van der Waals surface area contributed by atoms with Gasteiger partial charge in [0.25, 0.3) is 0 Å². The van der Waals surface area contributed by atoms with Gasteiger partial charge in [-0.25, -0.2) is 0 Å².